The summed E-state index contributed by atoms with van der Waals surface area (Å²) in [6.07, 6.45) is -2.56. The molecular weight excluding hydrogens is 427 g/mol. The number of amides is 1. The highest BCUT2D eigenvalue weighted by Gasteiger charge is 2.36. The molecule has 0 aliphatic carbocycles. The van der Waals surface area contributed by atoms with Gasteiger partial charge in [0, 0.05) is 30.3 Å². The number of alkyl halides is 3. The molecule has 164 valence electrons. The number of likely N-dealkylation sites (tertiary alicyclic amines) is 1. The summed E-state index contributed by atoms with van der Waals surface area (Å²) in [5.74, 6) is -0.462. The van der Waals surface area contributed by atoms with Crippen LogP contribution in [-0.2, 0) is 12.6 Å². The van der Waals surface area contributed by atoms with Gasteiger partial charge in [-0.05, 0) is 43.7 Å². The van der Waals surface area contributed by atoms with Gasteiger partial charge in [0.15, 0.2) is 5.69 Å². The minimum absolute atomic E-state index is 0.128. The molecule has 1 saturated heterocycles. The number of halogens is 3. The van der Waals surface area contributed by atoms with Gasteiger partial charge in [0.2, 0.25) is 0 Å². The van der Waals surface area contributed by atoms with Crippen molar-refractivity contribution in [3.8, 4) is 10.6 Å². The zero-order valence-corrected chi connectivity index (χ0v) is 18.0. The first kappa shape index (κ1) is 21.5. The van der Waals surface area contributed by atoms with E-state index in [9.17, 15) is 18.0 Å². The summed E-state index contributed by atoms with van der Waals surface area (Å²) in [6.45, 7) is 4.61. The summed E-state index contributed by atoms with van der Waals surface area (Å²) < 4.78 is 40.5. The van der Waals surface area contributed by atoms with Crippen molar-refractivity contribution >= 4 is 17.2 Å². The Kier molecular flexibility index (Phi) is 5.83. The van der Waals surface area contributed by atoms with Gasteiger partial charge in [-0.3, -0.25) is 9.89 Å². The average molecular weight is 450 g/mol. The zero-order valence-electron chi connectivity index (χ0n) is 17.2. The molecule has 0 radical (unpaired) electrons. The Balaban J connectivity index is 1.64. The van der Waals surface area contributed by atoms with Crippen molar-refractivity contribution in [3.05, 3.63) is 52.0 Å². The van der Waals surface area contributed by atoms with Crippen molar-refractivity contribution in [3.63, 3.8) is 0 Å². The number of thiophene rings is 1. The number of H-pyrrole nitrogens is 1. The second-order valence-corrected chi connectivity index (χ2v) is 8.54. The molecule has 1 aliphatic rings. The first-order chi connectivity index (χ1) is 14.8. The molecule has 1 amide bonds. The van der Waals surface area contributed by atoms with E-state index in [0.717, 1.165) is 23.7 Å². The molecule has 10 heteroatoms. The number of piperidine rings is 1. The Morgan fingerprint density at radius 2 is 2.16 bits per heavy atom. The Morgan fingerprint density at radius 1 is 1.35 bits per heavy atom. The quantitative estimate of drug-likeness (QED) is 0.619. The Bertz CT molecular complexity index is 1080. The molecule has 3 aromatic rings. The molecule has 1 unspecified atom stereocenters. The van der Waals surface area contributed by atoms with E-state index in [1.165, 1.54) is 11.3 Å². The monoisotopic (exact) mass is 449 g/mol. The Hall–Kier alpha value is -2.75. The highest BCUT2D eigenvalue weighted by atomic mass is 32.1. The predicted octanol–water partition coefficient (Wildman–Crippen LogP) is 4.84. The summed E-state index contributed by atoms with van der Waals surface area (Å²) in [7, 11) is 0. The van der Waals surface area contributed by atoms with Crippen molar-refractivity contribution in [1.82, 2.24) is 25.1 Å². The lowest BCUT2D eigenvalue weighted by atomic mass is 9.96. The standard InChI is InChI=1S/C21H22F3N5OS/c1-3-14-12(2)18(28-27-14)20(30)29-8-4-6-13(11-29)19-25-15(16-7-5-9-31-16)10-17(26-19)21(22,23)24/h5,7,9-10,13H,3-4,6,8,11H2,1-2H3,(H,27,28). The molecule has 1 aliphatic heterocycles. The molecule has 1 fully saturated rings. The van der Waals surface area contributed by atoms with Crippen LogP contribution in [0.2, 0.25) is 0 Å². The van der Waals surface area contributed by atoms with E-state index < -0.39 is 11.9 Å². The van der Waals surface area contributed by atoms with Crippen LogP contribution in [0, 0.1) is 6.92 Å². The largest absolute Gasteiger partial charge is 0.433 e. The molecule has 0 bridgehead atoms. The van der Waals surface area contributed by atoms with Gasteiger partial charge < -0.3 is 4.90 Å². The summed E-state index contributed by atoms with van der Waals surface area (Å²) >= 11 is 1.33. The number of hydrogen-bond acceptors (Lipinski definition) is 5. The summed E-state index contributed by atoms with van der Waals surface area (Å²) in [4.78, 5) is 23.6. The molecule has 1 N–H and O–H groups in total. The lowest BCUT2D eigenvalue weighted by Gasteiger charge is -2.32. The van der Waals surface area contributed by atoms with Crippen molar-refractivity contribution in [1.29, 1.82) is 0 Å². The molecule has 31 heavy (non-hydrogen) atoms. The van der Waals surface area contributed by atoms with Gasteiger partial charge in [0.25, 0.3) is 5.91 Å². The fourth-order valence-electron chi connectivity index (χ4n) is 3.85. The molecule has 6 nitrogen and oxygen atoms in total. The maximum absolute atomic E-state index is 13.5. The lowest BCUT2D eigenvalue weighted by Crippen LogP contribution is -2.40. The number of nitrogens with one attached hydrogen (secondary N) is 1. The third-order valence-corrected chi connectivity index (χ3v) is 6.44. The molecule has 0 aromatic carbocycles. The summed E-state index contributed by atoms with van der Waals surface area (Å²) in [5.41, 5.74) is 1.37. The van der Waals surface area contributed by atoms with E-state index in [1.54, 1.807) is 22.4 Å². The minimum atomic E-state index is -4.57. The van der Waals surface area contributed by atoms with Crippen LogP contribution >= 0.6 is 11.3 Å². The third-order valence-electron chi connectivity index (χ3n) is 5.55. The van der Waals surface area contributed by atoms with Crippen LogP contribution in [0.3, 0.4) is 0 Å². The Labute approximate surface area is 181 Å². The lowest BCUT2D eigenvalue weighted by molar-refractivity contribution is -0.141. The SMILES string of the molecule is CCc1[nH]nc(C(=O)N2CCCC(c3nc(-c4cccs4)cc(C(F)(F)F)n3)C2)c1C. The van der Waals surface area contributed by atoms with Crippen LogP contribution in [0.1, 0.15) is 58.9 Å². The maximum Gasteiger partial charge on any atom is 0.433 e. The second-order valence-electron chi connectivity index (χ2n) is 7.59. The Morgan fingerprint density at radius 3 is 2.81 bits per heavy atom. The van der Waals surface area contributed by atoms with Gasteiger partial charge in [-0.1, -0.05) is 13.0 Å². The third kappa shape index (κ3) is 4.34. The van der Waals surface area contributed by atoms with Gasteiger partial charge in [0.1, 0.15) is 11.5 Å². The number of aromatic nitrogens is 4. The van der Waals surface area contributed by atoms with E-state index in [1.807, 2.05) is 13.8 Å². The number of aryl methyl sites for hydroxylation is 1. The van der Waals surface area contributed by atoms with E-state index in [-0.39, 0.29) is 29.9 Å². The zero-order chi connectivity index (χ0) is 22.2. The van der Waals surface area contributed by atoms with E-state index >= 15 is 0 Å². The minimum Gasteiger partial charge on any atom is -0.337 e. The van der Waals surface area contributed by atoms with Crippen LogP contribution in [0.4, 0.5) is 13.2 Å². The van der Waals surface area contributed by atoms with Crippen LogP contribution in [-0.4, -0.2) is 44.1 Å². The second kappa shape index (κ2) is 8.41. The summed E-state index contributed by atoms with van der Waals surface area (Å²) in [6, 6.07) is 4.49. The summed E-state index contributed by atoms with van der Waals surface area (Å²) in [5, 5.41) is 8.84. The number of carbonyl (C=O) groups excluding carboxylic acids is 1. The van der Waals surface area contributed by atoms with Crippen LogP contribution in [0.25, 0.3) is 10.6 Å². The van der Waals surface area contributed by atoms with Crippen LogP contribution in [0.5, 0.6) is 0 Å². The topological polar surface area (TPSA) is 74.8 Å². The number of nitrogens with zero attached hydrogens (tertiary/aromatic N) is 4. The normalized spacial score (nSPS) is 17.2. The molecule has 1 atom stereocenters. The first-order valence-corrected chi connectivity index (χ1v) is 11.0. The number of carbonyl (C=O) groups is 1. The average Bonchev–Trinajstić information content (AvgIpc) is 3.42. The van der Waals surface area contributed by atoms with Crippen molar-refractivity contribution in [2.45, 2.75) is 45.2 Å². The molecule has 0 saturated carbocycles. The van der Waals surface area contributed by atoms with Crippen molar-refractivity contribution in [2.75, 3.05) is 13.1 Å². The number of hydrogen-bond donors (Lipinski definition) is 1. The highest BCUT2D eigenvalue weighted by molar-refractivity contribution is 7.13. The van der Waals surface area contributed by atoms with Crippen LogP contribution in [0.15, 0.2) is 23.6 Å². The van der Waals surface area contributed by atoms with Gasteiger partial charge in [0.05, 0.1) is 10.6 Å². The van der Waals surface area contributed by atoms with E-state index in [4.69, 9.17) is 0 Å². The van der Waals surface area contributed by atoms with Crippen molar-refractivity contribution in [2.24, 2.45) is 0 Å². The smallest absolute Gasteiger partial charge is 0.337 e. The van der Waals surface area contributed by atoms with Gasteiger partial charge in [-0.15, -0.1) is 11.3 Å². The van der Waals surface area contributed by atoms with Crippen molar-refractivity contribution < 1.29 is 18.0 Å². The predicted molar refractivity (Wildman–Crippen MR) is 111 cm³/mol. The fourth-order valence-corrected chi connectivity index (χ4v) is 4.54. The maximum atomic E-state index is 13.5. The molecule has 4 rings (SSSR count). The first-order valence-electron chi connectivity index (χ1n) is 10.1. The molecule has 3 aromatic heterocycles. The molecule has 4 heterocycles. The number of aromatic amines is 1. The highest BCUT2D eigenvalue weighted by Crippen LogP contribution is 2.34. The van der Waals surface area contributed by atoms with Gasteiger partial charge in [-0.25, -0.2) is 9.97 Å². The molecular formula is C21H22F3N5OS. The van der Waals surface area contributed by atoms with Gasteiger partial charge in [-0.2, -0.15) is 18.3 Å². The molecule has 0 spiro atoms. The van der Waals surface area contributed by atoms with Crippen LogP contribution < -0.4 is 0 Å². The van der Waals surface area contributed by atoms with Gasteiger partial charge >= 0.3 is 6.18 Å². The van der Waals surface area contributed by atoms with E-state index in [2.05, 4.69) is 20.2 Å². The fraction of sp³-hybridized carbons (Fsp3) is 0.429. The van der Waals surface area contributed by atoms with E-state index in [0.29, 0.717) is 30.0 Å². The number of rotatable bonds is 4.